The summed E-state index contributed by atoms with van der Waals surface area (Å²) in [6.07, 6.45) is 2.79. The minimum Gasteiger partial charge on any atom is -0.439 e. The van der Waals surface area contributed by atoms with Crippen LogP contribution in [-0.4, -0.2) is 85.9 Å². The summed E-state index contributed by atoms with van der Waals surface area (Å²) in [4.78, 5) is 51.7. The molecule has 1 aliphatic carbocycles. The lowest BCUT2D eigenvalue weighted by molar-refractivity contribution is -0.139. The van der Waals surface area contributed by atoms with Crippen LogP contribution in [0.3, 0.4) is 0 Å². The first-order chi connectivity index (χ1) is 19.8. The van der Waals surface area contributed by atoms with Crippen molar-refractivity contribution in [1.29, 1.82) is 0 Å². The van der Waals surface area contributed by atoms with Gasteiger partial charge in [-0.1, -0.05) is 32.1 Å². The van der Waals surface area contributed by atoms with Gasteiger partial charge in [0.2, 0.25) is 5.91 Å². The minimum absolute atomic E-state index is 0.0999. The maximum Gasteiger partial charge on any atom is 0.405 e. The van der Waals surface area contributed by atoms with Crippen molar-refractivity contribution < 1.29 is 38.5 Å². The van der Waals surface area contributed by atoms with Crippen molar-refractivity contribution in [1.82, 2.24) is 10.6 Å². The Morgan fingerprint density at radius 1 is 1.17 bits per heavy atom. The Morgan fingerprint density at radius 3 is 2.43 bits per heavy atom. The highest BCUT2D eigenvalue weighted by atomic mass is 16.6. The molecule has 2 amide bonds. The van der Waals surface area contributed by atoms with E-state index in [-0.39, 0.29) is 23.9 Å². The lowest BCUT2D eigenvalue weighted by Gasteiger charge is -2.36. The predicted octanol–water partition coefficient (Wildman–Crippen LogP) is 2.37. The normalized spacial score (nSPS) is 36.6. The Bertz CT molecular complexity index is 1040. The minimum atomic E-state index is -0.956. The molecule has 1 fully saturated rings. The molecular weight excluding hydrogens is 542 g/mol. The van der Waals surface area contributed by atoms with E-state index in [9.17, 15) is 24.3 Å². The number of allylic oxidation sites excluding steroid dienone is 1. The number of carbonyl (C=O) groups excluding carboxylic acids is 4. The van der Waals surface area contributed by atoms with Crippen LogP contribution in [0.25, 0.3) is 0 Å². The molecule has 0 aromatic carbocycles. The molecule has 0 radical (unpaired) electrons. The summed E-state index contributed by atoms with van der Waals surface area (Å²) in [5.41, 5.74) is 6.41. The topological polar surface area (TPSA) is 166 Å². The number of carbonyl (C=O) groups is 4. The number of Topliss-reactive ketones (excluding diaryl/α,β-unsaturated/α-hetero) is 2. The molecule has 2 rings (SSSR count). The van der Waals surface area contributed by atoms with E-state index in [1.54, 1.807) is 26.0 Å². The third-order valence-electron chi connectivity index (χ3n) is 8.28. The molecule has 0 aromatic rings. The van der Waals surface area contributed by atoms with Gasteiger partial charge in [0.1, 0.15) is 0 Å². The number of methoxy groups -OCH3 is 2. The van der Waals surface area contributed by atoms with E-state index >= 15 is 0 Å². The fraction of sp³-hybridized carbons (Fsp3) is 0.677. The van der Waals surface area contributed by atoms with Crippen LogP contribution in [0.4, 0.5) is 4.79 Å². The third kappa shape index (κ3) is 9.58. The van der Waals surface area contributed by atoms with Gasteiger partial charge in [-0.3, -0.25) is 14.4 Å². The van der Waals surface area contributed by atoms with Crippen molar-refractivity contribution in [3.05, 3.63) is 36.0 Å². The quantitative estimate of drug-likeness (QED) is 0.339. The summed E-state index contributed by atoms with van der Waals surface area (Å²) in [7, 11) is 3.01. The molecular formula is C31H49N3O8. The molecule has 42 heavy (non-hydrogen) atoms. The Kier molecular flexibility index (Phi) is 14.0. The first kappa shape index (κ1) is 35.3. The first-order valence-electron chi connectivity index (χ1n) is 14.6. The van der Waals surface area contributed by atoms with Crippen LogP contribution in [0.1, 0.15) is 59.8 Å². The van der Waals surface area contributed by atoms with E-state index in [1.807, 2.05) is 19.9 Å². The van der Waals surface area contributed by atoms with Crippen molar-refractivity contribution in [2.24, 2.45) is 23.5 Å². The monoisotopic (exact) mass is 591 g/mol. The molecule has 2 bridgehead atoms. The Balaban J connectivity index is 2.50. The molecule has 0 aromatic heterocycles. The van der Waals surface area contributed by atoms with E-state index in [2.05, 4.69) is 17.2 Å². The van der Waals surface area contributed by atoms with Crippen LogP contribution >= 0.6 is 0 Å². The number of aliphatic hydroxyl groups is 1. The Hall–Kier alpha value is -2.86. The van der Waals surface area contributed by atoms with Gasteiger partial charge in [0.05, 0.1) is 30.4 Å². The lowest BCUT2D eigenvalue weighted by Crippen LogP contribution is -2.58. The van der Waals surface area contributed by atoms with Crippen molar-refractivity contribution in [2.45, 2.75) is 96.3 Å². The highest BCUT2D eigenvalue weighted by Crippen LogP contribution is 2.30. The second-order valence-corrected chi connectivity index (χ2v) is 11.6. The average molecular weight is 592 g/mol. The Labute approximate surface area is 249 Å². The summed E-state index contributed by atoms with van der Waals surface area (Å²) < 4.78 is 16.8. The zero-order valence-electron chi connectivity index (χ0n) is 25.8. The fourth-order valence-electron chi connectivity index (χ4n) is 5.97. The summed E-state index contributed by atoms with van der Waals surface area (Å²) in [6.45, 7) is 11.3. The zero-order chi connectivity index (χ0) is 31.6. The summed E-state index contributed by atoms with van der Waals surface area (Å²) in [5, 5.41) is 17.2. The maximum atomic E-state index is 13.7. The molecule has 236 valence electrons. The molecule has 11 nitrogen and oxygen atoms in total. The van der Waals surface area contributed by atoms with Crippen molar-refractivity contribution in [3.63, 3.8) is 0 Å². The van der Waals surface area contributed by atoms with E-state index in [0.29, 0.717) is 43.4 Å². The predicted molar refractivity (Wildman–Crippen MR) is 158 cm³/mol. The zero-order valence-corrected chi connectivity index (χ0v) is 25.8. The number of fused-ring (bicyclic) bond motifs is 2. The number of aliphatic hydroxyl groups excluding tert-OH is 1. The molecule has 1 heterocycles. The molecule has 0 saturated heterocycles. The highest BCUT2D eigenvalue weighted by Gasteiger charge is 2.44. The van der Waals surface area contributed by atoms with Gasteiger partial charge in [0.25, 0.3) is 0 Å². The molecule has 5 N–H and O–H groups in total. The van der Waals surface area contributed by atoms with Crippen LogP contribution < -0.4 is 16.4 Å². The van der Waals surface area contributed by atoms with Gasteiger partial charge < -0.3 is 35.7 Å². The first-order valence-corrected chi connectivity index (χ1v) is 14.6. The number of ketones is 2. The number of nitrogens with two attached hydrogens (primary N) is 1. The van der Waals surface area contributed by atoms with Gasteiger partial charge in [-0.25, -0.2) is 4.79 Å². The molecule has 1 saturated carbocycles. The molecule has 9 atom stereocenters. The van der Waals surface area contributed by atoms with Gasteiger partial charge in [0, 0.05) is 44.6 Å². The SMILES string of the molecule is C=CCNC1C(=O)CC2NC(=O)/C(C)=C/CC[C@H](OC)[C@@H](OC(N)=O)/C(C)=C/[C@H](C)[C@@H](O)[C@@H](OC)C[C@H](C)CC1C2=O. The number of ether oxygens (including phenoxy) is 3. The largest absolute Gasteiger partial charge is 0.439 e. The average Bonchev–Trinajstić information content (AvgIpc) is 2.94. The van der Waals surface area contributed by atoms with Crippen LogP contribution in [0.2, 0.25) is 0 Å². The second-order valence-electron chi connectivity index (χ2n) is 11.6. The summed E-state index contributed by atoms with van der Waals surface area (Å²) >= 11 is 0. The summed E-state index contributed by atoms with van der Waals surface area (Å²) in [5.74, 6) is -1.95. The third-order valence-corrected chi connectivity index (χ3v) is 8.28. The maximum absolute atomic E-state index is 13.7. The van der Waals surface area contributed by atoms with Crippen molar-refractivity contribution >= 4 is 23.6 Å². The van der Waals surface area contributed by atoms with E-state index in [1.165, 1.54) is 14.2 Å². The van der Waals surface area contributed by atoms with Crippen LogP contribution in [0, 0.1) is 17.8 Å². The molecule has 2 aliphatic rings. The number of primary amides is 1. The van der Waals surface area contributed by atoms with Crippen LogP contribution in [0.5, 0.6) is 0 Å². The number of rotatable bonds is 6. The fourth-order valence-corrected chi connectivity index (χ4v) is 5.97. The molecule has 0 spiro atoms. The molecule has 1 aliphatic heterocycles. The second kappa shape index (κ2) is 16.7. The number of amides is 2. The van der Waals surface area contributed by atoms with Gasteiger partial charge in [-0.2, -0.15) is 0 Å². The van der Waals surface area contributed by atoms with Gasteiger partial charge >= 0.3 is 6.09 Å². The summed E-state index contributed by atoms with van der Waals surface area (Å²) in [6, 6.07) is -1.63. The van der Waals surface area contributed by atoms with Crippen LogP contribution in [0.15, 0.2) is 36.0 Å². The highest BCUT2D eigenvalue weighted by molar-refractivity contribution is 6.05. The lowest BCUT2D eigenvalue weighted by atomic mass is 9.74. The van der Waals surface area contributed by atoms with E-state index in [4.69, 9.17) is 19.9 Å². The molecule has 3 unspecified atom stereocenters. The Morgan fingerprint density at radius 2 is 1.83 bits per heavy atom. The number of nitrogens with one attached hydrogen (secondary N) is 2. The van der Waals surface area contributed by atoms with E-state index < -0.39 is 60.3 Å². The van der Waals surface area contributed by atoms with Crippen molar-refractivity contribution in [2.75, 3.05) is 20.8 Å². The van der Waals surface area contributed by atoms with Crippen LogP contribution in [-0.2, 0) is 28.6 Å². The standard InChI is InChI=1S/C31H49N3O8/c1-8-12-33-26-21-13-17(2)14-25(41-7)27(36)19(4)15-20(5)29(42-31(32)39)24(40-6)11-9-10-18(3)30(38)34-22(28(21)37)16-23(26)35/h8,10,15,17,19,21-22,24-27,29,33,36H,1,9,11-14,16H2,2-7H3,(H2,32,39)(H,34,38)/b18-10+,20-15+/t17-,19+,21?,22?,24+,25+,26?,27-,29+/m1/s1. The number of hydrogen-bond donors (Lipinski definition) is 4. The van der Waals surface area contributed by atoms with Gasteiger partial charge in [-0.05, 0) is 51.0 Å². The number of hydrogen-bond acceptors (Lipinski definition) is 9. The van der Waals surface area contributed by atoms with E-state index in [0.717, 1.165) is 0 Å². The van der Waals surface area contributed by atoms with Gasteiger partial charge in [-0.15, -0.1) is 6.58 Å². The van der Waals surface area contributed by atoms with Crippen molar-refractivity contribution in [3.8, 4) is 0 Å². The van der Waals surface area contributed by atoms with Gasteiger partial charge in [0.15, 0.2) is 17.7 Å². The molecule has 11 heteroatoms. The smallest absolute Gasteiger partial charge is 0.405 e.